The van der Waals surface area contributed by atoms with Crippen LogP contribution in [0.1, 0.15) is 39.5 Å². The van der Waals surface area contributed by atoms with E-state index in [-0.39, 0.29) is 0 Å². The first-order valence-corrected chi connectivity index (χ1v) is 10.4. The minimum atomic E-state index is 0.629. The molecule has 0 aliphatic carbocycles. The van der Waals surface area contributed by atoms with E-state index in [0.29, 0.717) is 5.92 Å². The molecule has 29 heavy (non-hydrogen) atoms. The van der Waals surface area contributed by atoms with Crippen molar-refractivity contribution >= 4 is 11.4 Å². The third kappa shape index (κ3) is 6.53. The Bertz CT molecular complexity index is 874. The Labute approximate surface area is 173 Å². The van der Waals surface area contributed by atoms with E-state index < -0.39 is 0 Å². The van der Waals surface area contributed by atoms with Crippen molar-refractivity contribution in [2.45, 2.75) is 39.5 Å². The molecule has 3 rings (SSSR count). The highest BCUT2D eigenvalue weighted by atomic mass is 16.5. The predicted molar refractivity (Wildman–Crippen MR) is 119 cm³/mol. The first kappa shape index (κ1) is 20.7. The summed E-state index contributed by atoms with van der Waals surface area (Å²) in [7, 11) is 0. The van der Waals surface area contributed by atoms with Crippen molar-refractivity contribution in [2.75, 3.05) is 6.61 Å². The van der Waals surface area contributed by atoms with Gasteiger partial charge in [0.2, 0.25) is 0 Å². The Hall–Kier alpha value is -3.01. The number of nitrogens with zero attached hydrogens (tertiary/aromatic N) is 3. The van der Waals surface area contributed by atoms with E-state index in [1.54, 1.807) is 6.20 Å². The van der Waals surface area contributed by atoms with Gasteiger partial charge in [0.25, 0.3) is 0 Å². The topological polar surface area (TPSA) is 46.8 Å². The fourth-order valence-electron chi connectivity index (χ4n) is 3.09. The number of unbranched alkanes of at least 4 members (excludes halogenated alkanes) is 1. The summed E-state index contributed by atoms with van der Waals surface area (Å²) in [5.74, 6) is 1.52. The molecule has 0 fully saturated rings. The highest BCUT2D eigenvalue weighted by Gasteiger charge is 2.07. The zero-order valence-electron chi connectivity index (χ0n) is 17.3. The Morgan fingerprint density at radius 2 is 1.55 bits per heavy atom. The second-order valence-corrected chi connectivity index (χ2v) is 7.21. The molecule has 1 atom stereocenters. The molecule has 2 aromatic carbocycles. The summed E-state index contributed by atoms with van der Waals surface area (Å²) in [6.07, 6.45) is 8.53. The lowest BCUT2D eigenvalue weighted by Gasteiger charge is -2.15. The number of ether oxygens (including phenoxy) is 1. The summed E-state index contributed by atoms with van der Waals surface area (Å²) in [6, 6.07) is 19.8. The molecule has 4 heteroatoms. The molecule has 0 radical (unpaired) electrons. The monoisotopic (exact) mass is 387 g/mol. The molecule has 0 bridgehead atoms. The Kier molecular flexibility index (Phi) is 7.93. The van der Waals surface area contributed by atoms with Gasteiger partial charge in [-0.15, -0.1) is 0 Å². The van der Waals surface area contributed by atoms with Gasteiger partial charge in [-0.2, -0.15) is 10.2 Å². The SMILES string of the molecule is CCCCC(CC)COc1ccc(/N=N/c2ccc(-c3cccnc3)cc2)cc1. The van der Waals surface area contributed by atoms with Gasteiger partial charge in [0, 0.05) is 12.4 Å². The van der Waals surface area contributed by atoms with Crippen molar-refractivity contribution in [3.63, 3.8) is 0 Å². The van der Waals surface area contributed by atoms with Crippen molar-refractivity contribution in [3.05, 3.63) is 73.1 Å². The predicted octanol–water partition coefficient (Wildman–Crippen LogP) is 7.76. The molecule has 150 valence electrons. The Morgan fingerprint density at radius 3 is 2.14 bits per heavy atom. The third-order valence-corrected chi connectivity index (χ3v) is 5.01. The third-order valence-electron chi connectivity index (χ3n) is 5.01. The van der Waals surface area contributed by atoms with Crippen LogP contribution in [-0.4, -0.2) is 11.6 Å². The quantitative estimate of drug-likeness (QED) is 0.334. The second-order valence-electron chi connectivity index (χ2n) is 7.21. The maximum atomic E-state index is 5.95. The number of azo groups is 1. The first-order chi connectivity index (χ1) is 14.3. The van der Waals surface area contributed by atoms with Gasteiger partial charge in [0.05, 0.1) is 18.0 Å². The number of aromatic nitrogens is 1. The van der Waals surface area contributed by atoms with E-state index in [9.17, 15) is 0 Å². The summed E-state index contributed by atoms with van der Waals surface area (Å²) >= 11 is 0. The molecule has 0 spiro atoms. The van der Waals surface area contributed by atoms with Crippen LogP contribution < -0.4 is 4.74 Å². The normalized spacial score (nSPS) is 12.2. The summed E-state index contributed by atoms with van der Waals surface area (Å²) in [5, 5.41) is 8.66. The molecule has 1 heterocycles. The number of hydrogen-bond acceptors (Lipinski definition) is 4. The molecular formula is C25H29N3O. The van der Waals surface area contributed by atoms with Gasteiger partial charge in [-0.1, -0.05) is 51.3 Å². The van der Waals surface area contributed by atoms with E-state index in [0.717, 1.165) is 41.3 Å². The zero-order valence-corrected chi connectivity index (χ0v) is 17.3. The molecule has 0 saturated heterocycles. The molecule has 1 aromatic heterocycles. The molecule has 0 amide bonds. The number of benzene rings is 2. The molecular weight excluding hydrogens is 358 g/mol. The van der Waals surface area contributed by atoms with Crippen LogP contribution in [-0.2, 0) is 0 Å². The van der Waals surface area contributed by atoms with Crippen molar-refractivity contribution in [1.29, 1.82) is 0 Å². The average Bonchev–Trinajstić information content (AvgIpc) is 2.79. The lowest BCUT2D eigenvalue weighted by Crippen LogP contribution is -2.11. The molecule has 3 aromatic rings. The minimum Gasteiger partial charge on any atom is -0.493 e. The van der Waals surface area contributed by atoms with Crippen LogP contribution >= 0.6 is 0 Å². The van der Waals surface area contributed by atoms with Crippen LogP contribution in [0.2, 0.25) is 0 Å². The summed E-state index contributed by atoms with van der Waals surface area (Å²) in [4.78, 5) is 4.15. The lowest BCUT2D eigenvalue weighted by atomic mass is 10.0. The molecule has 0 aliphatic heterocycles. The number of rotatable bonds is 10. The standard InChI is InChI=1S/C25H29N3O/c1-3-5-7-20(4-2)19-29-25-15-13-24(14-16-25)28-27-23-11-9-21(10-12-23)22-8-6-17-26-18-22/h6,8-18,20H,3-5,7,19H2,1-2H3/b28-27+. The first-order valence-electron chi connectivity index (χ1n) is 10.4. The smallest absolute Gasteiger partial charge is 0.119 e. The van der Waals surface area contributed by atoms with Crippen LogP contribution in [0.15, 0.2) is 83.3 Å². The summed E-state index contributed by atoms with van der Waals surface area (Å²) in [6.45, 7) is 5.24. The van der Waals surface area contributed by atoms with E-state index in [2.05, 4.69) is 29.1 Å². The van der Waals surface area contributed by atoms with Gasteiger partial charge in [-0.3, -0.25) is 4.98 Å². The molecule has 0 saturated carbocycles. The van der Waals surface area contributed by atoms with Gasteiger partial charge in [0.1, 0.15) is 5.75 Å². The van der Waals surface area contributed by atoms with Gasteiger partial charge in [-0.25, -0.2) is 0 Å². The maximum absolute atomic E-state index is 5.95. The fraction of sp³-hybridized carbons (Fsp3) is 0.320. The molecule has 0 N–H and O–H groups in total. The van der Waals surface area contributed by atoms with Gasteiger partial charge >= 0.3 is 0 Å². The maximum Gasteiger partial charge on any atom is 0.119 e. The van der Waals surface area contributed by atoms with Crippen molar-refractivity contribution in [1.82, 2.24) is 4.98 Å². The van der Waals surface area contributed by atoms with Crippen LogP contribution in [0.3, 0.4) is 0 Å². The summed E-state index contributed by atoms with van der Waals surface area (Å²) < 4.78 is 5.95. The van der Waals surface area contributed by atoms with Gasteiger partial charge in [-0.05, 0) is 65.9 Å². The average molecular weight is 388 g/mol. The van der Waals surface area contributed by atoms with E-state index in [4.69, 9.17) is 4.74 Å². The minimum absolute atomic E-state index is 0.629. The van der Waals surface area contributed by atoms with Crippen molar-refractivity contribution in [2.24, 2.45) is 16.1 Å². The zero-order chi connectivity index (χ0) is 20.3. The van der Waals surface area contributed by atoms with Crippen LogP contribution in [0.5, 0.6) is 5.75 Å². The van der Waals surface area contributed by atoms with E-state index in [1.165, 1.54) is 19.3 Å². The molecule has 0 aliphatic rings. The van der Waals surface area contributed by atoms with Crippen molar-refractivity contribution < 1.29 is 4.74 Å². The second kappa shape index (κ2) is 11.1. The van der Waals surface area contributed by atoms with Crippen LogP contribution in [0.4, 0.5) is 11.4 Å². The van der Waals surface area contributed by atoms with Crippen molar-refractivity contribution in [3.8, 4) is 16.9 Å². The van der Waals surface area contributed by atoms with Crippen LogP contribution in [0, 0.1) is 5.92 Å². The van der Waals surface area contributed by atoms with E-state index >= 15 is 0 Å². The number of pyridine rings is 1. The summed E-state index contributed by atoms with van der Waals surface area (Å²) in [5.41, 5.74) is 3.83. The highest BCUT2D eigenvalue weighted by Crippen LogP contribution is 2.25. The van der Waals surface area contributed by atoms with Gasteiger partial charge in [0.15, 0.2) is 0 Å². The van der Waals surface area contributed by atoms with Crippen LogP contribution in [0.25, 0.3) is 11.1 Å². The largest absolute Gasteiger partial charge is 0.493 e. The highest BCUT2D eigenvalue weighted by molar-refractivity contribution is 5.64. The Balaban J connectivity index is 1.54. The number of hydrogen-bond donors (Lipinski definition) is 0. The molecule has 4 nitrogen and oxygen atoms in total. The Morgan fingerprint density at radius 1 is 0.862 bits per heavy atom. The lowest BCUT2D eigenvalue weighted by molar-refractivity contribution is 0.233. The van der Waals surface area contributed by atoms with Gasteiger partial charge < -0.3 is 4.74 Å². The fourth-order valence-corrected chi connectivity index (χ4v) is 3.09. The molecule has 1 unspecified atom stereocenters. The van der Waals surface area contributed by atoms with E-state index in [1.807, 2.05) is 66.9 Å².